The fraction of sp³-hybridized carbons (Fsp3) is 0.500. The molecule has 0 aromatic heterocycles. The molecular formula is C14H15NO8. The molecule has 1 saturated carbocycles. The molecule has 6 N–H and O–H groups in total. The molecule has 1 aliphatic carbocycles. The second kappa shape index (κ2) is 4.71. The number of carbonyl (C=O) groups is 1. The molecule has 9 nitrogen and oxygen atoms in total. The number of amides is 1. The zero-order valence-electron chi connectivity index (χ0n) is 11.7. The van der Waals surface area contributed by atoms with Crippen LogP contribution in [-0.2, 0) is 0 Å². The van der Waals surface area contributed by atoms with Gasteiger partial charge in [0.1, 0.15) is 18.3 Å². The molecule has 0 radical (unpaired) electrons. The van der Waals surface area contributed by atoms with Crippen LogP contribution in [0.4, 0.5) is 0 Å². The van der Waals surface area contributed by atoms with Gasteiger partial charge < -0.3 is 40.3 Å². The fourth-order valence-corrected chi connectivity index (χ4v) is 3.58. The highest BCUT2D eigenvalue weighted by Gasteiger charge is 2.53. The van der Waals surface area contributed by atoms with Gasteiger partial charge in [0.2, 0.25) is 12.5 Å². The molecule has 0 bridgehead atoms. The highest BCUT2D eigenvalue weighted by atomic mass is 16.7. The molecule has 4 rings (SSSR count). The van der Waals surface area contributed by atoms with Crippen molar-refractivity contribution in [2.75, 3.05) is 6.79 Å². The van der Waals surface area contributed by atoms with Crippen LogP contribution < -0.4 is 14.8 Å². The van der Waals surface area contributed by atoms with E-state index >= 15 is 0 Å². The van der Waals surface area contributed by atoms with E-state index in [1.54, 1.807) is 0 Å². The zero-order valence-corrected chi connectivity index (χ0v) is 11.7. The van der Waals surface area contributed by atoms with Crippen molar-refractivity contribution in [2.24, 2.45) is 0 Å². The molecule has 1 amide bonds. The summed E-state index contributed by atoms with van der Waals surface area (Å²) < 4.78 is 10.3. The standard InChI is InChI=1S/C14H15NO8/c16-8-5-3-1-4-13(23-2-22-4)9(17)6(3)14(21)15-7(5)10(18)12(20)11(8)19/h1,5,7-8,10-12,16-20H,2H2,(H,15,21)/t5-,7?,8-,10+,11+,12+/m1/s1. The van der Waals surface area contributed by atoms with Gasteiger partial charge in [0.15, 0.2) is 11.5 Å². The molecule has 2 heterocycles. The Morgan fingerprint density at radius 3 is 2.48 bits per heavy atom. The van der Waals surface area contributed by atoms with Crippen LogP contribution in [0.3, 0.4) is 0 Å². The number of carbonyl (C=O) groups excluding carboxylic acids is 1. The Morgan fingerprint density at radius 1 is 1.04 bits per heavy atom. The maximum Gasteiger partial charge on any atom is 0.255 e. The monoisotopic (exact) mass is 325 g/mol. The summed E-state index contributed by atoms with van der Waals surface area (Å²) in [5.41, 5.74) is 0.114. The number of nitrogens with one attached hydrogen (secondary N) is 1. The van der Waals surface area contributed by atoms with E-state index in [1.807, 2.05) is 0 Å². The van der Waals surface area contributed by atoms with Gasteiger partial charge in [-0.1, -0.05) is 0 Å². The van der Waals surface area contributed by atoms with E-state index in [9.17, 15) is 30.3 Å². The minimum absolute atomic E-state index is 0.0313. The molecular weight excluding hydrogens is 310 g/mol. The molecule has 1 fully saturated rings. The van der Waals surface area contributed by atoms with Crippen molar-refractivity contribution >= 4 is 5.91 Å². The predicted molar refractivity (Wildman–Crippen MR) is 72.3 cm³/mol. The lowest BCUT2D eigenvalue weighted by Crippen LogP contribution is -2.66. The highest BCUT2D eigenvalue weighted by molar-refractivity contribution is 6.01. The van der Waals surface area contributed by atoms with Crippen molar-refractivity contribution in [2.45, 2.75) is 36.4 Å². The number of benzene rings is 1. The van der Waals surface area contributed by atoms with E-state index in [0.717, 1.165) is 0 Å². The first-order valence-electron chi connectivity index (χ1n) is 7.10. The third kappa shape index (κ3) is 1.78. The van der Waals surface area contributed by atoms with E-state index in [4.69, 9.17) is 9.47 Å². The molecule has 1 aromatic rings. The lowest BCUT2D eigenvalue weighted by molar-refractivity contribution is -0.155. The van der Waals surface area contributed by atoms with Crippen molar-refractivity contribution in [3.05, 3.63) is 17.2 Å². The minimum atomic E-state index is -1.60. The molecule has 23 heavy (non-hydrogen) atoms. The number of aromatic hydroxyl groups is 1. The van der Waals surface area contributed by atoms with Crippen molar-refractivity contribution in [3.8, 4) is 17.2 Å². The van der Waals surface area contributed by atoms with E-state index in [-0.39, 0.29) is 29.4 Å². The number of rotatable bonds is 0. The van der Waals surface area contributed by atoms with Crippen LogP contribution in [0.5, 0.6) is 17.2 Å². The third-order valence-electron chi connectivity index (χ3n) is 4.73. The summed E-state index contributed by atoms with van der Waals surface area (Å²) in [5, 5.41) is 52.9. The van der Waals surface area contributed by atoms with Gasteiger partial charge in [-0.25, -0.2) is 0 Å². The van der Waals surface area contributed by atoms with Crippen LogP contribution in [0.2, 0.25) is 0 Å². The van der Waals surface area contributed by atoms with Crippen molar-refractivity contribution < 1.29 is 39.8 Å². The maximum absolute atomic E-state index is 12.3. The maximum atomic E-state index is 12.3. The molecule has 0 spiro atoms. The summed E-state index contributed by atoms with van der Waals surface area (Å²) >= 11 is 0. The first-order valence-corrected chi connectivity index (χ1v) is 7.10. The van der Waals surface area contributed by atoms with E-state index in [2.05, 4.69) is 5.32 Å². The predicted octanol–water partition coefficient (Wildman–Crippen LogP) is -2.23. The normalized spacial score (nSPS) is 37.8. The Bertz CT molecular complexity index is 692. The molecule has 1 unspecified atom stereocenters. The summed E-state index contributed by atoms with van der Waals surface area (Å²) in [6.07, 6.45) is -6.11. The van der Waals surface area contributed by atoms with Crippen LogP contribution in [0.25, 0.3) is 0 Å². The molecule has 6 atom stereocenters. The summed E-state index contributed by atoms with van der Waals surface area (Å²) in [5.74, 6) is -1.78. The van der Waals surface area contributed by atoms with Gasteiger partial charge >= 0.3 is 0 Å². The quantitative estimate of drug-likeness (QED) is 0.314. The Kier molecular flexibility index (Phi) is 2.97. The number of fused-ring (bicyclic) bond motifs is 4. The Labute approximate surface area is 129 Å². The number of aliphatic hydroxyl groups is 4. The number of aliphatic hydroxyl groups excluding tert-OH is 4. The lowest BCUT2D eigenvalue weighted by Gasteiger charge is -2.47. The molecule has 0 saturated heterocycles. The summed E-state index contributed by atoms with van der Waals surface area (Å²) in [6.45, 7) is -0.117. The SMILES string of the molecule is O=C1NC2[C@@H](c3cc4c(c(O)c31)OCO4)[C@@H](O)[C@H](O)[C@@H](O)[C@H]2O. The number of ether oxygens (including phenoxy) is 2. The molecule has 9 heteroatoms. The fourth-order valence-electron chi connectivity index (χ4n) is 3.58. The highest BCUT2D eigenvalue weighted by Crippen LogP contribution is 2.49. The number of hydrogen-bond donors (Lipinski definition) is 6. The number of hydrogen-bond acceptors (Lipinski definition) is 8. The van der Waals surface area contributed by atoms with Crippen LogP contribution >= 0.6 is 0 Å². The van der Waals surface area contributed by atoms with E-state index < -0.39 is 48.0 Å². The largest absolute Gasteiger partial charge is 0.504 e. The molecule has 3 aliphatic rings. The van der Waals surface area contributed by atoms with Crippen molar-refractivity contribution in [1.29, 1.82) is 0 Å². The van der Waals surface area contributed by atoms with Crippen LogP contribution in [0, 0.1) is 0 Å². The Hall–Kier alpha value is -2.07. The van der Waals surface area contributed by atoms with E-state index in [0.29, 0.717) is 0 Å². The van der Waals surface area contributed by atoms with Gasteiger partial charge in [-0.2, -0.15) is 0 Å². The Balaban J connectivity index is 1.91. The first kappa shape index (κ1) is 14.5. The number of phenolic OH excluding ortho intramolecular Hbond substituents is 1. The molecule has 1 aromatic carbocycles. The van der Waals surface area contributed by atoms with Gasteiger partial charge in [-0.15, -0.1) is 0 Å². The van der Waals surface area contributed by atoms with Crippen LogP contribution in [0.15, 0.2) is 6.07 Å². The average molecular weight is 325 g/mol. The summed E-state index contributed by atoms with van der Waals surface area (Å²) in [6, 6.07) is 0.428. The minimum Gasteiger partial charge on any atom is -0.504 e. The smallest absolute Gasteiger partial charge is 0.255 e. The summed E-state index contributed by atoms with van der Waals surface area (Å²) in [7, 11) is 0. The zero-order chi connectivity index (χ0) is 16.5. The van der Waals surface area contributed by atoms with Crippen LogP contribution in [-0.4, -0.2) is 68.7 Å². The first-order chi connectivity index (χ1) is 10.9. The topological polar surface area (TPSA) is 149 Å². The van der Waals surface area contributed by atoms with Gasteiger partial charge in [0.25, 0.3) is 5.91 Å². The summed E-state index contributed by atoms with van der Waals surface area (Å²) in [4.78, 5) is 12.3. The van der Waals surface area contributed by atoms with Crippen molar-refractivity contribution in [3.63, 3.8) is 0 Å². The second-order valence-electron chi connectivity index (χ2n) is 5.91. The third-order valence-corrected chi connectivity index (χ3v) is 4.73. The van der Waals surface area contributed by atoms with Gasteiger partial charge in [-0.05, 0) is 11.6 Å². The second-order valence-corrected chi connectivity index (χ2v) is 5.91. The lowest BCUT2D eigenvalue weighted by atomic mass is 9.70. The van der Waals surface area contributed by atoms with Crippen molar-refractivity contribution in [1.82, 2.24) is 5.32 Å². The van der Waals surface area contributed by atoms with Crippen LogP contribution in [0.1, 0.15) is 21.8 Å². The van der Waals surface area contributed by atoms with E-state index in [1.165, 1.54) is 6.07 Å². The molecule has 124 valence electrons. The average Bonchev–Trinajstić information content (AvgIpc) is 2.99. The van der Waals surface area contributed by atoms with Gasteiger partial charge in [0.05, 0.1) is 17.7 Å². The van der Waals surface area contributed by atoms with Gasteiger partial charge in [0, 0.05) is 5.92 Å². The van der Waals surface area contributed by atoms with Gasteiger partial charge in [-0.3, -0.25) is 4.79 Å². The number of phenols is 1. The molecule has 2 aliphatic heterocycles. The Morgan fingerprint density at radius 2 is 1.74 bits per heavy atom.